The van der Waals surface area contributed by atoms with E-state index in [0.29, 0.717) is 12.1 Å². The highest BCUT2D eigenvalue weighted by Crippen LogP contribution is 2.17. The topological polar surface area (TPSA) is 33.1 Å². The Morgan fingerprint density at radius 3 is 3.00 bits per heavy atom. The molecule has 1 N–H and O–H groups in total. The van der Waals surface area contributed by atoms with Crippen LogP contribution in [0.25, 0.3) is 0 Å². The first kappa shape index (κ1) is 11.5. The van der Waals surface area contributed by atoms with Gasteiger partial charge in [0.15, 0.2) is 0 Å². The van der Waals surface area contributed by atoms with Crippen LogP contribution in [0.4, 0.5) is 5.69 Å². The molecule has 2 rings (SSSR count). The summed E-state index contributed by atoms with van der Waals surface area (Å²) in [6, 6.07) is 1.06. The van der Waals surface area contributed by atoms with Crippen LogP contribution in [0.1, 0.15) is 33.2 Å². The van der Waals surface area contributed by atoms with Gasteiger partial charge in [0.1, 0.15) is 0 Å². The third-order valence-electron chi connectivity index (χ3n) is 3.23. The van der Waals surface area contributed by atoms with Crippen molar-refractivity contribution in [3.8, 4) is 0 Å². The van der Waals surface area contributed by atoms with Crippen molar-refractivity contribution in [2.45, 2.75) is 39.3 Å². The first-order valence-electron chi connectivity index (χ1n) is 6.23. The Balaban J connectivity index is 2.05. The summed E-state index contributed by atoms with van der Waals surface area (Å²) in [7, 11) is 0. The van der Waals surface area contributed by atoms with Crippen molar-refractivity contribution in [2.75, 3.05) is 24.5 Å². The van der Waals surface area contributed by atoms with Crippen LogP contribution >= 0.6 is 0 Å². The highest BCUT2D eigenvalue weighted by Gasteiger charge is 2.19. The Hall–Kier alpha value is -1.03. The largest absolute Gasteiger partial charge is 0.366 e. The summed E-state index contributed by atoms with van der Waals surface area (Å²) in [6.45, 7) is 9.80. The van der Waals surface area contributed by atoms with Crippen LogP contribution in [0, 0.1) is 0 Å². The molecule has 1 unspecified atom stereocenters. The van der Waals surface area contributed by atoms with Crippen LogP contribution < -0.4 is 10.2 Å². The van der Waals surface area contributed by atoms with Crippen molar-refractivity contribution in [1.29, 1.82) is 0 Å². The van der Waals surface area contributed by atoms with Gasteiger partial charge in [0.05, 0.1) is 11.9 Å². The first-order valence-corrected chi connectivity index (χ1v) is 6.23. The molecule has 0 aliphatic carbocycles. The van der Waals surface area contributed by atoms with E-state index in [1.54, 1.807) is 0 Å². The summed E-state index contributed by atoms with van der Waals surface area (Å²) in [6.07, 6.45) is 5.33. The second kappa shape index (κ2) is 4.87. The third kappa shape index (κ3) is 2.38. The maximum absolute atomic E-state index is 4.40. The number of hydrogen-bond acceptors (Lipinski definition) is 3. The summed E-state index contributed by atoms with van der Waals surface area (Å²) in [4.78, 5) is 2.43. The number of aromatic nitrogens is 2. The normalized spacial score (nSPS) is 21.8. The van der Waals surface area contributed by atoms with Gasteiger partial charge < -0.3 is 10.2 Å². The lowest BCUT2D eigenvalue weighted by Crippen LogP contribution is -2.50. The summed E-state index contributed by atoms with van der Waals surface area (Å²) < 4.78 is 2.03. The standard InChI is InChI=1S/C12H22N4/c1-4-11-8-15(6-5-13-11)12-7-14-16(9-12)10(2)3/h7,9-11,13H,4-6,8H2,1-3H3. The van der Waals surface area contributed by atoms with Gasteiger partial charge in [-0.1, -0.05) is 6.92 Å². The molecule has 4 nitrogen and oxygen atoms in total. The molecule has 1 fully saturated rings. The van der Waals surface area contributed by atoms with E-state index in [1.807, 2.05) is 10.9 Å². The van der Waals surface area contributed by atoms with E-state index >= 15 is 0 Å². The summed E-state index contributed by atoms with van der Waals surface area (Å²) >= 11 is 0. The molecule has 0 saturated carbocycles. The Bertz CT molecular complexity index is 332. The predicted molar refractivity (Wildman–Crippen MR) is 66.9 cm³/mol. The van der Waals surface area contributed by atoms with Gasteiger partial charge in [0, 0.05) is 37.9 Å². The Labute approximate surface area is 97.6 Å². The van der Waals surface area contributed by atoms with E-state index in [-0.39, 0.29) is 0 Å². The smallest absolute Gasteiger partial charge is 0.0753 e. The minimum absolute atomic E-state index is 0.443. The molecule has 1 aromatic heterocycles. The van der Waals surface area contributed by atoms with Crippen molar-refractivity contribution >= 4 is 5.69 Å². The van der Waals surface area contributed by atoms with E-state index in [2.05, 4.69) is 42.3 Å². The number of nitrogens with zero attached hydrogens (tertiary/aromatic N) is 3. The molecule has 0 radical (unpaired) electrons. The van der Waals surface area contributed by atoms with E-state index in [9.17, 15) is 0 Å². The molecule has 90 valence electrons. The monoisotopic (exact) mass is 222 g/mol. The maximum Gasteiger partial charge on any atom is 0.0753 e. The zero-order chi connectivity index (χ0) is 11.5. The first-order chi connectivity index (χ1) is 7.70. The average Bonchev–Trinajstić information content (AvgIpc) is 2.78. The lowest BCUT2D eigenvalue weighted by atomic mass is 10.1. The van der Waals surface area contributed by atoms with Gasteiger partial charge in [-0.05, 0) is 20.3 Å². The van der Waals surface area contributed by atoms with Gasteiger partial charge in [-0.25, -0.2) is 0 Å². The van der Waals surface area contributed by atoms with Crippen LogP contribution in [-0.2, 0) is 0 Å². The van der Waals surface area contributed by atoms with Gasteiger partial charge in [-0.2, -0.15) is 5.10 Å². The van der Waals surface area contributed by atoms with Crippen molar-refractivity contribution in [2.24, 2.45) is 0 Å². The molecule has 1 saturated heterocycles. The van der Waals surface area contributed by atoms with Gasteiger partial charge in [0.25, 0.3) is 0 Å². The summed E-state index contributed by atoms with van der Waals surface area (Å²) in [5.41, 5.74) is 1.26. The lowest BCUT2D eigenvalue weighted by Gasteiger charge is -2.33. The average molecular weight is 222 g/mol. The fourth-order valence-corrected chi connectivity index (χ4v) is 2.11. The summed E-state index contributed by atoms with van der Waals surface area (Å²) in [5.74, 6) is 0. The van der Waals surface area contributed by atoms with E-state index in [0.717, 1.165) is 19.6 Å². The van der Waals surface area contributed by atoms with Crippen molar-refractivity contribution in [3.05, 3.63) is 12.4 Å². The fourth-order valence-electron chi connectivity index (χ4n) is 2.11. The molecule has 0 bridgehead atoms. The Morgan fingerprint density at radius 2 is 2.38 bits per heavy atom. The van der Waals surface area contributed by atoms with Crippen molar-refractivity contribution in [1.82, 2.24) is 15.1 Å². The zero-order valence-electron chi connectivity index (χ0n) is 10.5. The van der Waals surface area contributed by atoms with Crippen LogP contribution in [0.3, 0.4) is 0 Å². The molecule has 4 heteroatoms. The van der Waals surface area contributed by atoms with E-state index in [4.69, 9.17) is 0 Å². The second-order valence-electron chi connectivity index (χ2n) is 4.78. The SMILES string of the molecule is CCC1CN(c2cnn(C(C)C)c2)CCN1. The highest BCUT2D eigenvalue weighted by atomic mass is 15.3. The molecule has 1 aliphatic rings. The fraction of sp³-hybridized carbons (Fsp3) is 0.750. The second-order valence-corrected chi connectivity index (χ2v) is 4.78. The number of nitrogens with one attached hydrogen (secondary N) is 1. The molecular weight excluding hydrogens is 200 g/mol. The molecule has 1 aromatic rings. The number of piperazine rings is 1. The molecule has 2 heterocycles. The molecule has 1 atom stereocenters. The van der Waals surface area contributed by atoms with Gasteiger partial charge in [0.2, 0.25) is 0 Å². The summed E-state index contributed by atoms with van der Waals surface area (Å²) in [5, 5.41) is 7.93. The highest BCUT2D eigenvalue weighted by molar-refractivity contribution is 5.43. The zero-order valence-corrected chi connectivity index (χ0v) is 10.5. The Kier molecular flexibility index (Phi) is 3.49. The number of rotatable bonds is 3. The van der Waals surface area contributed by atoms with E-state index in [1.165, 1.54) is 12.1 Å². The van der Waals surface area contributed by atoms with Crippen LogP contribution in [0.5, 0.6) is 0 Å². The van der Waals surface area contributed by atoms with Crippen LogP contribution in [0.2, 0.25) is 0 Å². The molecule has 0 aromatic carbocycles. The minimum atomic E-state index is 0.443. The van der Waals surface area contributed by atoms with Gasteiger partial charge in [-0.3, -0.25) is 4.68 Å². The predicted octanol–water partition coefficient (Wildman–Crippen LogP) is 1.65. The molecule has 1 aliphatic heterocycles. The van der Waals surface area contributed by atoms with Gasteiger partial charge in [-0.15, -0.1) is 0 Å². The molecule has 0 amide bonds. The minimum Gasteiger partial charge on any atom is -0.366 e. The van der Waals surface area contributed by atoms with Crippen LogP contribution in [0.15, 0.2) is 12.4 Å². The van der Waals surface area contributed by atoms with E-state index < -0.39 is 0 Å². The van der Waals surface area contributed by atoms with Crippen molar-refractivity contribution in [3.63, 3.8) is 0 Å². The van der Waals surface area contributed by atoms with Gasteiger partial charge >= 0.3 is 0 Å². The van der Waals surface area contributed by atoms with Crippen molar-refractivity contribution < 1.29 is 0 Å². The quantitative estimate of drug-likeness (QED) is 0.844. The van der Waals surface area contributed by atoms with Crippen LogP contribution in [-0.4, -0.2) is 35.5 Å². The Morgan fingerprint density at radius 1 is 1.56 bits per heavy atom. The number of hydrogen-bond donors (Lipinski definition) is 1. The molecular formula is C12H22N4. The maximum atomic E-state index is 4.40. The molecule has 16 heavy (non-hydrogen) atoms. The third-order valence-corrected chi connectivity index (χ3v) is 3.23. The lowest BCUT2D eigenvalue weighted by molar-refractivity contribution is 0.446. The molecule has 0 spiro atoms. The number of anilines is 1.